The van der Waals surface area contributed by atoms with Crippen molar-refractivity contribution in [1.29, 1.82) is 0 Å². The highest BCUT2D eigenvalue weighted by Gasteiger charge is 2.08. The minimum Gasteiger partial charge on any atom is -0.394 e. The molecule has 0 aliphatic carbocycles. The Kier molecular flexibility index (Phi) is 21.1. The number of nitrogens with zero attached hydrogens (tertiary/aromatic N) is 1. The van der Waals surface area contributed by atoms with E-state index in [2.05, 4.69) is 18.9 Å². The van der Waals surface area contributed by atoms with E-state index in [-0.39, 0.29) is 12.7 Å². The summed E-state index contributed by atoms with van der Waals surface area (Å²) in [6.45, 7) is 4.33. The summed E-state index contributed by atoms with van der Waals surface area (Å²) in [7, 11) is 3.79. The Balaban J connectivity index is 3.15. The SMILES string of the molecule is CCCCCCCCCCCCCCCCCCN(C)CC(CO)OC. The number of hydrogen-bond acceptors (Lipinski definition) is 3. The minimum atomic E-state index is -0.0407. The van der Waals surface area contributed by atoms with Crippen LogP contribution in [0.1, 0.15) is 110 Å². The van der Waals surface area contributed by atoms with Crippen molar-refractivity contribution in [3.8, 4) is 0 Å². The molecule has 0 aromatic heterocycles. The van der Waals surface area contributed by atoms with Crippen LogP contribution in [-0.4, -0.2) is 50.0 Å². The van der Waals surface area contributed by atoms with Crippen LogP contribution in [0.15, 0.2) is 0 Å². The molecule has 1 N–H and O–H groups in total. The molecule has 3 nitrogen and oxygen atoms in total. The Morgan fingerprint density at radius 3 is 1.42 bits per heavy atom. The number of ether oxygens (including phenoxy) is 1. The van der Waals surface area contributed by atoms with E-state index in [0.717, 1.165) is 13.1 Å². The molecule has 0 radical (unpaired) electrons. The predicted octanol–water partition coefficient (Wildman–Crippen LogP) is 6.19. The monoisotopic (exact) mass is 371 g/mol. The van der Waals surface area contributed by atoms with Gasteiger partial charge in [-0.25, -0.2) is 0 Å². The highest BCUT2D eigenvalue weighted by molar-refractivity contribution is 4.61. The zero-order valence-corrected chi connectivity index (χ0v) is 18.3. The van der Waals surface area contributed by atoms with Gasteiger partial charge in [0.15, 0.2) is 0 Å². The van der Waals surface area contributed by atoms with E-state index >= 15 is 0 Å². The van der Waals surface area contributed by atoms with Gasteiger partial charge in [0.05, 0.1) is 12.7 Å². The third-order valence-corrected chi connectivity index (χ3v) is 5.45. The lowest BCUT2D eigenvalue weighted by Crippen LogP contribution is -2.33. The van der Waals surface area contributed by atoms with Gasteiger partial charge in [0, 0.05) is 13.7 Å². The van der Waals surface area contributed by atoms with E-state index in [4.69, 9.17) is 9.84 Å². The lowest BCUT2D eigenvalue weighted by Gasteiger charge is -2.21. The van der Waals surface area contributed by atoms with Crippen LogP contribution < -0.4 is 0 Å². The fourth-order valence-corrected chi connectivity index (χ4v) is 3.58. The van der Waals surface area contributed by atoms with Crippen LogP contribution in [0.2, 0.25) is 0 Å². The van der Waals surface area contributed by atoms with Crippen molar-refractivity contribution in [1.82, 2.24) is 4.90 Å². The summed E-state index contributed by atoms with van der Waals surface area (Å²) in [5, 5.41) is 9.14. The van der Waals surface area contributed by atoms with Gasteiger partial charge in [0.1, 0.15) is 0 Å². The van der Waals surface area contributed by atoms with Gasteiger partial charge in [-0.05, 0) is 20.0 Å². The number of aliphatic hydroxyl groups is 1. The third kappa shape index (κ3) is 18.7. The van der Waals surface area contributed by atoms with E-state index < -0.39 is 0 Å². The number of methoxy groups -OCH3 is 1. The molecule has 0 rings (SSSR count). The number of rotatable bonds is 21. The molecule has 0 aliphatic rings. The van der Waals surface area contributed by atoms with Crippen LogP contribution >= 0.6 is 0 Å². The van der Waals surface area contributed by atoms with E-state index in [1.54, 1.807) is 7.11 Å². The Morgan fingerprint density at radius 1 is 0.692 bits per heavy atom. The molecule has 0 bridgehead atoms. The molecule has 0 fully saturated rings. The van der Waals surface area contributed by atoms with Crippen LogP contribution in [0.3, 0.4) is 0 Å². The first-order chi connectivity index (χ1) is 12.7. The summed E-state index contributed by atoms with van der Waals surface area (Å²) in [6.07, 6.45) is 22.6. The normalized spacial score (nSPS) is 12.8. The molecule has 0 spiro atoms. The predicted molar refractivity (Wildman–Crippen MR) is 115 cm³/mol. The summed E-state index contributed by atoms with van der Waals surface area (Å²) in [4.78, 5) is 2.27. The van der Waals surface area contributed by atoms with Gasteiger partial charge in [-0.15, -0.1) is 0 Å². The fraction of sp³-hybridized carbons (Fsp3) is 1.00. The topological polar surface area (TPSA) is 32.7 Å². The van der Waals surface area contributed by atoms with Gasteiger partial charge in [0.2, 0.25) is 0 Å². The number of unbranched alkanes of at least 4 members (excludes halogenated alkanes) is 15. The molecule has 26 heavy (non-hydrogen) atoms. The molecule has 0 aliphatic heterocycles. The Labute approximate surface area is 164 Å². The Bertz CT molecular complexity index is 257. The van der Waals surface area contributed by atoms with E-state index in [1.165, 1.54) is 103 Å². The summed E-state index contributed by atoms with van der Waals surface area (Å²) in [5.41, 5.74) is 0. The molecule has 1 atom stereocenters. The van der Waals surface area contributed by atoms with Crippen LogP contribution in [0.4, 0.5) is 0 Å². The zero-order chi connectivity index (χ0) is 19.3. The average Bonchev–Trinajstić information content (AvgIpc) is 2.65. The number of aliphatic hydroxyl groups excluding tert-OH is 1. The van der Waals surface area contributed by atoms with Crippen molar-refractivity contribution in [3.05, 3.63) is 0 Å². The quantitative estimate of drug-likeness (QED) is 0.244. The molecule has 0 amide bonds. The van der Waals surface area contributed by atoms with Crippen molar-refractivity contribution >= 4 is 0 Å². The average molecular weight is 372 g/mol. The maximum atomic E-state index is 9.14. The van der Waals surface area contributed by atoms with E-state index in [9.17, 15) is 0 Å². The molecule has 158 valence electrons. The van der Waals surface area contributed by atoms with Crippen LogP contribution in [0.5, 0.6) is 0 Å². The molecule has 3 heteroatoms. The Morgan fingerprint density at radius 2 is 1.08 bits per heavy atom. The smallest absolute Gasteiger partial charge is 0.0928 e. The Hall–Kier alpha value is -0.120. The lowest BCUT2D eigenvalue weighted by molar-refractivity contribution is 0.0270. The largest absolute Gasteiger partial charge is 0.394 e. The highest BCUT2D eigenvalue weighted by Crippen LogP contribution is 2.13. The van der Waals surface area contributed by atoms with Gasteiger partial charge in [0.25, 0.3) is 0 Å². The lowest BCUT2D eigenvalue weighted by atomic mass is 10.0. The third-order valence-electron chi connectivity index (χ3n) is 5.45. The zero-order valence-electron chi connectivity index (χ0n) is 18.3. The number of likely N-dealkylation sites (N-methyl/N-ethyl adjacent to an activating group) is 1. The van der Waals surface area contributed by atoms with E-state index in [1.807, 2.05) is 0 Å². The molecule has 0 heterocycles. The number of hydrogen-bond donors (Lipinski definition) is 1. The first-order valence-electron chi connectivity index (χ1n) is 11.6. The highest BCUT2D eigenvalue weighted by atomic mass is 16.5. The molecule has 0 aromatic rings. The van der Waals surface area contributed by atoms with Gasteiger partial charge in [-0.3, -0.25) is 0 Å². The minimum absolute atomic E-state index is 0.0407. The molecular formula is C23H49NO2. The second-order valence-corrected chi connectivity index (χ2v) is 8.11. The van der Waals surface area contributed by atoms with E-state index in [0.29, 0.717) is 0 Å². The van der Waals surface area contributed by atoms with Gasteiger partial charge in [-0.2, -0.15) is 0 Å². The summed E-state index contributed by atoms with van der Waals surface area (Å²) in [6, 6.07) is 0. The van der Waals surface area contributed by atoms with Crippen LogP contribution in [-0.2, 0) is 4.74 Å². The van der Waals surface area contributed by atoms with Gasteiger partial charge >= 0.3 is 0 Å². The van der Waals surface area contributed by atoms with Crippen molar-refractivity contribution in [2.24, 2.45) is 0 Å². The van der Waals surface area contributed by atoms with Gasteiger partial charge in [-0.1, -0.05) is 103 Å². The van der Waals surface area contributed by atoms with Gasteiger partial charge < -0.3 is 14.7 Å². The molecule has 0 saturated heterocycles. The maximum Gasteiger partial charge on any atom is 0.0928 e. The summed E-state index contributed by atoms with van der Waals surface area (Å²) < 4.78 is 5.21. The second kappa shape index (κ2) is 21.2. The van der Waals surface area contributed by atoms with Crippen molar-refractivity contribution in [2.75, 3.05) is 33.9 Å². The molecule has 0 aromatic carbocycles. The van der Waals surface area contributed by atoms with Crippen molar-refractivity contribution in [3.63, 3.8) is 0 Å². The second-order valence-electron chi connectivity index (χ2n) is 8.11. The maximum absolute atomic E-state index is 9.14. The first kappa shape index (κ1) is 25.9. The molecular weight excluding hydrogens is 322 g/mol. The molecule has 1 unspecified atom stereocenters. The summed E-state index contributed by atoms with van der Waals surface area (Å²) >= 11 is 0. The van der Waals surface area contributed by atoms with Crippen LogP contribution in [0, 0.1) is 0 Å². The summed E-state index contributed by atoms with van der Waals surface area (Å²) in [5.74, 6) is 0. The van der Waals surface area contributed by atoms with Crippen molar-refractivity contribution in [2.45, 2.75) is 116 Å². The van der Waals surface area contributed by atoms with Crippen LogP contribution in [0.25, 0.3) is 0 Å². The first-order valence-corrected chi connectivity index (χ1v) is 11.6. The molecule has 0 saturated carbocycles. The fourth-order valence-electron chi connectivity index (χ4n) is 3.58. The standard InChI is InChI=1S/C23H49NO2/c1-4-5-6-7-8-9-10-11-12-13-14-15-16-17-18-19-20-24(2)21-23(22-25)26-3/h23,25H,4-22H2,1-3H3. The van der Waals surface area contributed by atoms with Crippen molar-refractivity contribution < 1.29 is 9.84 Å².